The molecular formula is C22H28N2O5. The van der Waals surface area contributed by atoms with Gasteiger partial charge < -0.3 is 10.1 Å². The molecule has 0 bridgehead atoms. The first-order valence-corrected chi connectivity index (χ1v) is 10.3. The van der Waals surface area contributed by atoms with Crippen molar-refractivity contribution >= 4 is 23.7 Å². The third-order valence-corrected chi connectivity index (χ3v) is 5.67. The highest BCUT2D eigenvalue weighted by atomic mass is 16.5. The molecule has 0 unspecified atom stereocenters. The third kappa shape index (κ3) is 4.33. The molecule has 0 spiro atoms. The number of urea groups is 1. The molecule has 3 rings (SSSR count). The van der Waals surface area contributed by atoms with Crippen molar-refractivity contribution in [3.05, 3.63) is 34.9 Å². The number of amides is 3. The maximum Gasteiger partial charge on any atom is 0.326 e. The van der Waals surface area contributed by atoms with Gasteiger partial charge in [0.1, 0.15) is 12.1 Å². The van der Waals surface area contributed by atoms with Crippen molar-refractivity contribution < 1.29 is 23.9 Å². The monoisotopic (exact) mass is 400 g/mol. The lowest BCUT2D eigenvalue weighted by Crippen LogP contribution is -2.47. The number of aryl methyl sites for hydroxylation is 2. The Kier molecular flexibility index (Phi) is 6.35. The Morgan fingerprint density at radius 1 is 1.10 bits per heavy atom. The molecule has 1 fully saturated rings. The fourth-order valence-electron chi connectivity index (χ4n) is 4.29. The molecule has 0 radical (unpaired) electrons. The molecule has 1 heterocycles. The molecule has 0 atom stereocenters. The van der Waals surface area contributed by atoms with E-state index < -0.39 is 36.6 Å². The summed E-state index contributed by atoms with van der Waals surface area (Å²) < 4.78 is 5.06. The quantitative estimate of drug-likeness (QED) is 0.391. The smallest absolute Gasteiger partial charge is 0.326 e. The van der Waals surface area contributed by atoms with E-state index in [0.717, 1.165) is 37.0 Å². The number of benzene rings is 1. The second kappa shape index (κ2) is 8.76. The Bertz CT molecular complexity index is 826. The topological polar surface area (TPSA) is 92.8 Å². The number of hydrogen-bond donors (Lipinski definition) is 1. The van der Waals surface area contributed by atoms with Gasteiger partial charge in [0.25, 0.3) is 5.91 Å². The van der Waals surface area contributed by atoms with Gasteiger partial charge in [-0.05, 0) is 49.3 Å². The van der Waals surface area contributed by atoms with Gasteiger partial charge in [0.2, 0.25) is 0 Å². The van der Waals surface area contributed by atoms with Crippen LogP contribution in [0, 0.1) is 0 Å². The Labute approximate surface area is 170 Å². The number of Topliss-reactive ketones (excluding diaryl/α,β-unsaturated/α-hetero) is 1. The average Bonchev–Trinajstić information content (AvgIpc) is 3.25. The number of nitrogens with one attached hydrogen (secondary N) is 1. The summed E-state index contributed by atoms with van der Waals surface area (Å²) in [6, 6.07) is 4.98. The average molecular weight is 400 g/mol. The van der Waals surface area contributed by atoms with Crippen LogP contribution < -0.4 is 5.32 Å². The maximum atomic E-state index is 12.8. The number of rotatable bonds is 9. The summed E-state index contributed by atoms with van der Waals surface area (Å²) in [5, 5.41) is 2.75. The lowest BCUT2D eigenvalue weighted by molar-refractivity contribution is -0.147. The molecule has 1 aromatic carbocycles. The normalized spacial score (nSPS) is 17.2. The van der Waals surface area contributed by atoms with Crippen molar-refractivity contribution in [2.24, 2.45) is 0 Å². The number of carbonyl (C=O) groups is 4. The van der Waals surface area contributed by atoms with Gasteiger partial charge >= 0.3 is 12.0 Å². The number of ether oxygens (including phenoxy) is 1. The van der Waals surface area contributed by atoms with Gasteiger partial charge in [-0.25, -0.2) is 4.79 Å². The van der Waals surface area contributed by atoms with E-state index in [4.69, 9.17) is 4.74 Å². The number of nitrogens with zero attached hydrogens (tertiary/aromatic N) is 1. The van der Waals surface area contributed by atoms with Crippen LogP contribution in [0.4, 0.5) is 4.79 Å². The first-order chi connectivity index (χ1) is 13.9. The summed E-state index contributed by atoms with van der Waals surface area (Å²) >= 11 is 0. The molecule has 1 aliphatic heterocycles. The number of imide groups is 1. The molecular weight excluding hydrogens is 372 g/mol. The van der Waals surface area contributed by atoms with Crippen molar-refractivity contribution in [2.75, 3.05) is 13.2 Å². The van der Waals surface area contributed by atoms with Gasteiger partial charge in [0.05, 0.1) is 0 Å². The molecule has 0 saturated carbocycles. The highest BCUT2D eigenvalue weighted by Crippen LogP contribution is 2.28. The van der Waals surface area contributed by atoms with Gasteiger partial charge in [-0.2, -0.15) is 0 Å². The van der Waals surface area contributed by atoms with Crippen molar-refractivity contribution in [1.82, 2.24) is 10.2 Å². The lowest BCUT2D eigenvalue weighted by atomic mass is 9.88. The minimum absolute atomic E-state index is 0.295. The predicted molar refractivity (Wildman–Crippen MR) is 107 cm³/mol. The number of fused-ring (bicyclic) bond motifs is 1. The van der Waals surface area contributed by atoms with Gasteiger partial charge in [0.15, 0.2) is 12.4 Å². The first kappa shape index (κ1) is 21.0. The summed E-state index contributed by atoms with van der Waals surface area (Å²) in [6.07, 6.45) is 5.59. The van der Waals surface area contributed by atoms with Crippen molar-refractivity contribution in [3.8, 4) is 0 Å². The van der Waals surface area contributed by atoms with Crippen LogP contribution in [0.5, 0.6) is 0 Å². The second-order valence-electron chi connectivity index (χ2n) is 7.82. The van der Waals surface area contributed by atoms with Gasteiger partial charge in [-0.1, -0.05) is 38.8 Å². The zero-order valence-electron chi connectivity index (χ0n) is 17.1. The SMILES string of the molecule is CCCC1(CCC)NC(=O)N(CC(=O)OCC(=O)c2ccc3c(c2)CCC3)C1=O. The van der Waals surface area contributed by atoms with Gasteiger partial charge in [0, 0.05) is 5.56 Å². The molecule has 156 valence electrons. The summed E-state index contributed by atoms with van der Waals surface area (Å²) in [4.78, 5) is 50.5. The molecule has 2 aliphatic rings. The molecule has 1 aliphatic carbocycles. The molecule has 1 saturated heterocycles. The Morgan fingerprint density at radius 2 is 1.79 bits per heavy atom. The standard InChI is InChI=1S/C22H28N2O5/c1-3-10-22(11-4-2)20(27)24(21(28)23-22)13-19(26)29-14-18(25)17-9-8-15-6-5-7-16(15)12-17/h8-9,12H,3-7,10-11,13-14H2,1-2H3,(H,23,28). The molecule has 29 heavy (non-hydrogen) atoms. The number of hydrogen-bond acceptors (Lipinski definition) is 5. The van der Waals surface area contributed by atoms with E-state index in [-0.39, 0.29) is 5.78 Å². The summed E-state index contributed by atoms with van der Waals surface area (Å²) in [5.41, 5.74) is 2.00. The predicted octanol–water partition coefficient (Wildman–Crippen LogP) is 2.79. The fourth-order valence-corrected chi connectivity index (χ4v) is 4.29. The van der Waals surface area contributed by atoms with Gasteiger partial charge in [-0.3, -0.25) is 19.3 Å². The zero-order valence-corrected chi connectivity index (χ0v) is 17.1. The summed E-state index contributed by atoms with van der Waals surface area (Å²) in [6.45, 7) is 2.99. The van der Waals surface area contributed by atoms with E-state index in [1.807, 2.05) is 26.0 Å². The number of carbonyl (C=O) groups excluding carboxylic acids is 4. The van der Waals surface area contributed by atoms with Gasteiger partial charge in [-0.15, -0.1) is 0 Å². The van der Waals surface area contributed by atoms with Crippen molar-refractivity contribution in [2.45, 2.75) is 64.3 Å². The second-order valence-corrected chi connectivity index (χ2v) is 7.82. The zero-order chi connectivity index (χ0) is 21.0. The van der Waals surface area contributed by atoms with E-state index in [1.54, 1.807) is 6.07 Å². The molecule has 0 aromatic heterocycles. The van der Waals surface area contributed by atoms with E-state index in [2.05, 4.69) is 5.32 Å². The van der Waals surface area contributed by atoms with E-state index in [1.165, 1.54) is 11.1 Å². The largest absolute Gasteiger partial charge is 0.456 e. The van der Waals surface area contributed by atoms with E-state index in [9.17, 15) is 19.2 Å². The maximum absolute atomic E-state index is 12.8. The minimum Gasteiger partial charge on any atom is -0.456 e. The Balaban J connectivity index is 1.57. The van der Waals surface area contributed by atoms with Crippen molar-refractivity contribution in [3.63, 3.8) is 0 Å². The van der Waals surface area contributed by atoms with Crippen LogP contribution >= 0.6 is 0 Å². The molecule has 1 aromatic rings. The molecule has 1 N–H and O–H groups in total. The van der Waals surface area contributed by atoms with Crippen LogP contribution in [0.1, 0.15) is 67.4 Å². The van der Waals surface area contributed by atoms with E-state index >= 15 is 0 Å². The highest BCUT2D eigenvalue weighted by Gasteiger charge is 2.50. The molecule has 7 heteroatoms. The number of ketones is 1. The van der Waals surface area contributed by atoms with Crippen molar-refractivity contribution in [1.29, 1.82) is 0 Å². The molecule has 3 amide bonds. The van der Waals surface area contributed by atoms with Crippen LogP contribution in [0.3, 0.4) is 0 Å². The fraction of sp³-hybridized carbons (Fsp3) is 0.545. The minimum atomic E-state index is -0.943. The van der Waals surface area contributed by atoms with Crippen LogP contribution in [-0.4, -0.2) is 47.3 Å². The van der Waals surface area contributed by atoms with E-state index in [0.29, 0.717) is 18.4 Å². The van der Waals surface area contributed by atoms with Crippen LogP contribution in [0.25, 0.3) is 0 Å². The Hall–Kier alpha value is -2.70. The number of esters is 1. The first-order valence-electron chi connectivity index (χ1n) is 10.3. The molecule has 7 nitrogen and oxygen atoms in total. The summed E-state index contributed by atoms with van der Waals surface area (Å²) in [5.74, 6) is -1.46. The lowest BCUT2D eigenvalue weighted by Gasteiger charge is -2.25. The highest BCUT2D eigenvalue weighted by molar-refractivity contribution is 6.08. The third-order valence-electron chi connectivity index (χ3n) is 5.67. The van der Waals surface area contributed by atoms with Crippen LogP contribution in [-0.2, 0) is 27.2 Å². The summed E-state index contributed by atoms with van der Waals surface area (Å²) in [7, 11) is 0. The van der Waals surface area contributed by atoms with Crippen LogP contribution in [0.2, 0.25) is 0 Å². The van der Waals surface area contributed by atoms with Crippen LogP contribution in [0.15, 0.2) is 18.2 Å². The Morgan fingerprint density at radius 3 is 2.48 bits per heavy atom.